The van der Waals surface area contributed by atoms with Gasteiger partial charge in [0.2, 0.25) is 5.84 Å². The van der Waals surface area contributed by atoms with Crippen LogP contribution in [-0.2, 0) is 6.54 Å². The van der Waals surface area contributed by atoms with Gasteiger partial charge in [0.05, 0.1) is 16.8 Å². The number of amidine groups is 2. The Kier molecular flexibility index (Phi) is 3.08. The summed E-state index contributed by atoms with van der Waals surface area (Å²) in [6.45, 7) is 0.616. The van der Waals surface area contributed by atoms with Crippen LogP contribution in [0.4, 0.5) is 4.79 Å². The van der Waals surface area contributed by atoms with Crippen LogP contribution in [0.3, 0.4) is 0 Å². The fraction of sp³-hybridized carbons (Fsp3) is 0.0625. The van der Waals surface area contributed by atoms with E-state index in [9.17, 15) is 4.79 Å². The molecule has 0 bridgehead atoms. The molecular weight excluding hydrogens is 296 g/mol. The third-order valence-corrected chi connectivity index (χ3v) is 4.31. The van der Waals surface area contributed by atoms with Crippen LogP contribution in [0.1, 0.15) is 10.4 Å². The van der Waals surface area contributed by atoms with E-state index in [1.54, 1.807) is 17.5 Å². The fourth-order valence-corrected chi connectivity index (χ4v) is 3.17. The van der Waals surface area contributed by atoms with Crippen LogP contribution in [-0.4, -0.2) is 22.6 Å². The predicted octanol–water partition coefficient (Wildman–Crippen LogP) is 3.10. The number of nitrogens with zero attached hydrogens (tertiary/aromatic N) is 4. The number of aliphatic imine (C=N–C) groups is 2. The lowest BCUT2D eigenvalue weighted by Crippen LogP contribution is -2.37. The molecule has 0 N–H and O–H groups in total. The van der Waals surface area contributed by atoms with Crippen molar-refractivity contribution in [2.24, 2.45) is 9.98 Å². The van der Waals surface area contributed by atoms with Crippen molar-refractivity contribution in [1.82, 2.24) is 10.2 Å². The van der Waals surface area contributed by atoms with Crippen LogP contribution >= 0.6 is 11.3 Å². The third-order valence-electron chi connectivity index (χ3n) is 3.42. The SMILES string of the molecule is O=C1[N]C2=NC=C(c3cccs3)N(Cc3ccccc3)C2=N1. The molecule has 2 aliphatic rings. The average Bonchev–Trinajstić information content (AvgIpc) is 3.17. The van der Waals surface area contributed by atoms with Crippen LogP contribution in [0, 0.1) is 0 Å². The number of hydrogen-bond donors (Lipinski definition) is 0. The van der Waals surface area contributed by atoms with E-state index in [2.05, 4.69) is 15.3 Å². The Morgan fingerprint density at radius 2 is 1.95 bits per heavy atom. The number of amides is 2. The summed E-state index contributed by atoms with van der Waals surface area (Å²) in [4.78, 5) is 22.9. The second kappa shape index (κ2) is 5.23. The standard InChI is InChI=1S/C16H11N4OS/c21-16-18-14-15(19-16)20(10-11-5-2-1-3-6-11)12(9-17-14)13-7-4-8-22-13/h1-9H,10H2. The molecule has 0 fully saturated rings. The molecule has 1 aromatic heterocycles. The maximum absolute atomic E-state index is 11.5. The number of benzene rings is 1. The summed E-state index contributed by atoms with van der Waals surface area (Å²) in [6, 6.07) is 13.6. The number of fused-ring (bicyclic) bond motifs is 1. The molecule has 0 unspecified atom stereocenters. The van der Waals surface area contributed by atoms with Gasteiger partial charge in [-0.05, 0) is 17.0 Å². The van der Waals surface area contributed by atoms with Crippen molar-refractivity contribution < 1.29 is 4.79 Å². The first kappa shape index (κ1) is 13.0. The topological polar surface area (TPSA) is 59.1 Å². The highest BCUT2D eigenvalue weighted by molar-refractivity contribution is 7.11. The summed E-state index contributed by atoms with van der Waals surface area (Å²) >= 11 is 1.63. The summed E-state index contributed by atoms with van der Waals surface area (Å²) in [5.74, 6) is 0.918. The van der Waals surface area contributed by atoms with E-state index in [4.69, 9.17) is 0 Å². The van der Waals surface area contributed by atoms with Crippen molar-refractivity contribution in [1.29, 1.82) is 0 Å². The van der Waals surface area contributed by atoms with E-state index in [1.165, 1.54) is 0 Å². The monoisotopic (exact) mass is 307 g/mol. The largest absolute Gasteiger partial charge is 0.371 e. The Morgan fingerprint density at radius 1 is 1.09 bits per heavy atom. The van der Waals surface area contributed by atoms with E-state index in [0.717, 1.165) is 16.1 Å². The zero-order valence-electron chi connectivity index (χ0n) is 11.5. The van der Waals surface area contributed by atoms with Crippen molar-refractivity contribution in [3.05, 3.63) is 64.5 Å². The van der Waals surface area contributed by atoms with E-state index < -0.39 is 6.03 Å². The Hall–Kier alpha value is -2.73. The molecule has 0 saturated heterocycles. The highest BCUT2D eigenvalue weighted by atomic mass is 32.1. The third kappa shape index (κ3) is 2.23. The number of urea groups is 1. The number of hydrogen-bond acceptors (Lipinski definition) is 4. The summed E-state index contributed by atoms with van der Waals surface area (Å²) < 4.78 is 0. The molecule has 5 nitrogen and oxygen atoms in total. The molecule has 0 atom stereocenters. The molecule has 0 aliphatic carbocycles. The minimum atomic E-state index is -0.493. The van der Waals surface area contributed by atoms with Gasteiger partial charge in [-0.1, -0.05) is 36.4 Å². The van der Waals surface area contributed by atoms with Gasteiger partial charge >= 0.3 is 6.03 Å². The van der Waals surface area contributed by atoms with Crippen molar-refractivity contribution in [2.45, 2.75) is 6.54 Å². The molecule has 3 heterocycles. The second-order valence-corrected chi connectivity index (χ2v) is 5.79. The van der Waals surface area contributed by atoms with Crippen molar-refractivity contribution in [3.8, 4) is 0 Å². The highest BCUT2D eigenvalue weighted by Crippen LogP contribution is 2.29. The van der Waals surface area contributed by atoms with E-state index in [1.807, 2.05) is 52.7 Å². The van der Waals surface area contributed by atoms with Crippen LogP contribution in [0.2, 0.25) is 0 Å². The number of carbonyl (C=O) groups excluding carboxylic acids is 1. The highest BCUT2D eigenvalue weighted by Gasteiger charge is 2.33. The molecule has 0 spiro atoms. The molecule has 107 valence electrons. The van der Waals surface area contributed by atoms with Gasteiger partial charge in [-0.2, -0.15) is 10.3 Å². The van der Waals surface area contributed by atoms with Gasteiger partial charge < -0.3 is 4.90 Å². The Balaban J connectivity index is 1.76. The second-order valence-electron chi connectivity index (χ2n) is 4.85. The van der Waals surface area contributed by atoms with Gasteiger partial charge in [-0.25, -0.2) is 9.79 Å². The van der Waals surface area contributed by atoms with Crippen LogP contribution in [0.5, 0.6) is 0 Å². The molecule has 2 aliphatic heterocycles. The molecule has 22 heavy (non-hydrogen) atoms. The normalized spacial score (nSPS) is 16.6. The van der Waals surface area contributed by atoms with Gasteiger partial charge in [0.1, 0.15) is 0 Å². The summed E-state index contributed by atoms with van der Waals surface area (Å²) in [7, 11) is 0. The molecule has 4 rings (SSSR count). The zero-order valence-corrected chi connectivity index (χ0v) is 12.3. The maximum Gasteiger partial charge on any atom is 0.371 e. The van der Waals surface area contributed by atoms with Crippen molar-refractivity contribution in [3.63, 3.8) is 0 Å². The smallest absolute Gasteiger partial charge is 0.316 e. The fourth-order valence-electron chi connectivity index (χ4n) is 2.43. The predicted molar refractivity (Wildman–Crippen MR) is 86.7 cm³/mol. The lowest BCUT2D eigenvalue weighted by Gasteiger charge is -2.28. The number of rotatable bonds is 3. The quantitative estimate of drug-likeness (QED) is 0.875. The van der Waals surface area contributed by atoms with Crippen LogP contribution < -0.4 is 5.32 Å². The molecule has 2 aromatic rings. The summed E-state index contributed by atoms with van der Waals surface area (Å²) in [6.07, 6.45) is 1.76. The van der Waals surface area contributed by atoms with Gasteiger partial charge in [0, 0.05) is 6.54 Å². The minimum absolute atomic E-state index is 0.390. The first-order valence-corrected chi connectivity index (χ1v) is 7.67. The summed E-state index contributed by atoms with van der Waals surface area (Å²) in [5, 5.41) is 5.86. The zero-order chi connectivity index (χ0) is 14.9. The number of thiophene rings is 1. The Morgan fingerprint density at radius 3 is 2.73 bits per heavy atom. The Labute approximate surface area is 131 Å². The molecule has 6 heteroatoms. The average molecular weight is 307 g/mol. The molecule has 1 radical (unpaired) electrons. The molecule has 0 saturated carbocycles. The van der Waals surface area contributed by atoms with Crippen LogP contribution in [0.15, 0.2) is 64.0 Å². The van der Waals surface area contributed by atoms with Gasteiger partial charge in [0.25, 0.3) is 0 Å². The van der Waals surface area contributed by atoms with E-state index in [0.29, 0.717) is 18.2 Å². The van der Waals surface area contributed by atoms with Gasteiger partial charge in [-0.3, -0.25) is 0 Å². The lowest BCUT2D eigenvalue weighted by molar-refractivity contribution is 0.253. The van der Waals surface area contributed by atoms with E-state index >= 15 is 0 Å². The minimum Gasteiger partial charge on any atom is -0.316 e. The molecule has 1 aromatic carbocycles. The van der Waals surface area contributed by atoms with Crippen molar-refractivity contribution in [2.75, 3.05) is 0 Å². The molecular formula is C16H11N4OS. The number of carbonyl (C=O) groups is 1. The van der Waals surface area contributed by atoms with Crippen molar-refractivity contribution >= 4 is 34.7 Å². The van der Waals surface area contributed by atoms with Gasteiger partial charge in [-0.15, -0.1) is 11.3 Å². The summed E-state index contributed by atoms with van der Waals surface area (Å²) in [5.41, 5.74) is 2.07. The lowest BCUT2D eigenvalue weighted by atomic mass is 10.1. The van der Waals surface area contributed by atoms with Crippen LogP contribution in [0.25, 0.3) is 5.70 Å². The maximum atomic E-state index is 11.5. The van der Waals surface area contributed by atoms with E-state index in [-0.39, 0.29) is 0 Å². The molecule has 2 amide bonds. The van der Waals surface area contributed by atoms with Gasteiger partial charge in [0.15, 0.2) is 5.84 Å². The Bertz CT molecular complexity index is 806. The first-order chi connectivity index (χ1) is 10.8. The first-order valence-electron chi connectivity index (χ1n) is 6.79.